The van der Waals surface area contributed by atoms with Crippen LogP contribution in [-0.2, 0) is 11.3 Å². The van der Waals surface area contributed by atoms with Crippen LogP contribution in [0.3, 0.4) is 0 Å². The lowest BCUT2D eigenvalue weighted by molar-refractivity contribution is -0.115. The van der Waals surface area contributed by atoms with E-state index in [9.17, 15) is 9.59 Å². The molecule has 0 saturated heterocycles. The molecule has 1 aliphatic rings. The SMILES string of the molecule is CCn1c(S[C@@H](C(=O)Nc2cccc(C(C)=O)c2)c2ccccc2)nnc1C1CC1. The zero-order valence-corrected chi connectivity index (χ0v) is 17.9. The minimum Gasteiger partial charge on any atom is -0.325 e. The van der Waals surface area contributed by atoms with Crippen molar-refractivity contribution in [2.75, 3.05) is 5.32 Å². The number of rotatable bonds is 8. The number of amides is 1. The molecule has 30 heavy (non-hydrogen) atoms. The zero-order valence-electron chi connectivity index (χ0n) is 17.0. The quantitative estimate of drug-likeness (QED) is 0.416. The van der Waals surface area contributed by atoms with E-state index in [4.69, 9.17) is 0 Å². The summed E-state index contributed by atoms with van der Waals surface area (Å²) in [6.07, 6.45) is 2.30. The highest BCUT2D eigenvalue weighted by molar-refractivity contribution is 8.00. The summed E-state index contributed by atoms with van der Waals surface area (Å²) < 4.78 is 2.11. The van der Waals surface area contributed by atoms with E-state index >= 15 is 0 Å². The van der Waals surface area contributed by atoms with E-state index in [2.05, 4.69) is 27.0 Å². The molecule has 0 aliphatic heterocycles. The summed E-state index contributed by atoms with van der Waals surface area (Å²) in [4.78, 5) is 25.0. The molecule has 0 spiro atoms. The molecule has 1 saturated carbocycles. The molecular formula is C23H24N4O2S. The van der Waals surface area contributed by atoms with E-state index < -0.39 is 5.25 Å². The van der Waals surface area contributed by atoms with E-state index in [1.54, 1.807) is 24.3 Å². The number of nitrogens with zero attached hydrogens (tertiary/aromatic N) is 3. The first kappa shape index (κ1) is 20.3. The highest BCUT2D eigenvalue weighted by atomic mass is 32.2. The average molecular weight is 421 g/mol. The molecule has 0 bridgehead atoms. The normalized spacial score (nSPS) is 14.3. The molecule has 1 aromatic heterocycles. The fraction of sp³-hybridized carbons (Fsp3) is 0.304. The van der Waals surface area contributed by atoms with Gasteiger partial charge in [0.2, 0.25) is 5.91 Å². The summed E-state index contributed by atoms with van der Waals surface area (Å²) in [5.41, 5.74) is 2.06. The minimum absolute atomic E-state index is 0.0382. The Balaban J connectivity index is 1.61. The number of aromatic nitrogens is 3. The van der Waals surface area contributed by atoms with Crippen molar-refractivity contribution in [3.8, 4) is 0 Å². The van der Waals surface area contributed by atoms with Gasteiger partial charge in [-0.05, 0) is 44.4 Å². The summed E-state index contributed by atoms with van der Waals surface area (Å²) in [5, 5.41) is 12.0. The third kappa shape index (κ3) is 4.46. The number of anilines is 1. The Morgan fingerprint density at radius 3 is 2.57 bits per heavy atom. The predicted octanol–water partition coefficient (Wildman–Crippen LogP) is 4.85. The average Bonchev–Trinajstić information content (AvgIpc) is 3.52. The number of carbonyl (C=O) groups is 2. The molecule has 1 N–H and O–H groups in total. The molecule has 0 radical (unpaired) electrons. The lowest BCUT2D eigenvalue weighted by Gasteiger charge is -2.17. The van der Waals surface area contributed by atoms with Gasteiger partial charge < -0.3 is 9.88 Å². The van der Waals surface area contributed by atoms with Gasteiger partial charge in [-0.3, -0.25) is 9.59 Å². The third-order valence-corrected chi connectivity index (χ3v) is 6.34. The van der Waals surface area contributed by atoms with Crippen LogP contribution in [0.1, 0.15) is 59.6 Å². The van der Waals surface area contributed by atoms with Crippen LogP contribution < -0.4 is 5.32 Å². The fourth-order valence-electron chi connectivity index (χ4n) is 3.36. The topological polar surface area (TPSA) is 76.9 Å². The number of hydrogen-bond acceptors (Lipinski definition) is 5. The summed E-state index contributed by atoms with van der Waals surface area (Å²) in [7, 11) is 0. The van der Waals surface area contributed by atoms with Gasteiger partial charge in [-0.1, -0.05) is 54.2 Å². The van der Waals surface area contributed by atoms with Gasteiger partial charge in [0.1, 0.15) is 11.1 Å². The van der Waals surface area contributed by atoms with Gasteiger partial charge >= 0.3 is 0 Å². The highest BCUT2D eigenvalue weighted by Gasteiger charge is 2.32. The number of hydrogen-bond donors (Lipinski definition) is 1. The molecule has 1 aliphatic carbocycles. The van der Waals surface area contributed by atoms with Crippen molar-refractivity contribution in [1.29, 1.82) is 0 Å². The maximum atomic E-state index is 13.3. The molecule has 7 heteroatoms. The van der Waals surface area contributed by atoms with Gasteiger partial charge in [0.25, 0.3) is 0 Å². The Kier molecular flexibility index (Phi) is 5.99. The number of carbonyl (C=O) groups excluding carboxylic acids is 2. The maximum Gasteiger partial charge on any atom is 0.242 e. The van der Waals surface area contributed by atoms with Crippen molar-refractivity contribution in [3.63, 3.8) is 0 Å². The van der Waals surface area contributed by atoms with Crippen molar-refractivity contribution < 1.29 is 9.59 Å². The first-order chi connectivity index (χ1) is 14.6. The molecule has 4 rings (SSSR count). The van der Waals surface area contributed by atoms with Gasteiger partial charge in [-0.25, -0.2) is 0 Å². The Bertz CT molecular complexity index is 1060. The van der Waals surface area contributed by atoms with Crippen LogP contribution in [0.25, 0.3) is 0 Å². The lowest BCUT2D eigenvalue weighted by Crippen LogP contribution is -2.20. The van der Waals surface area contributed by atoms with Gasteiger partial charge in [-0.2, -0.15) is 0 Å². The van der Waals surface area contributed by atoms with Crippen molar-refractivity contribution >= 4 is 29.1 Å². The van der Waals surface area contributed by atoms with Crippen LogP contribution in [0, 0.1) is 0 Å². The van der Waals surface area contributed by atoms with Crippen molar-refractivity contribution in [2.24, 2.45) is 0 Å². The molecule has 1 heterocycles. The summed E-state index contributed by atoms with van der Waals surface area (Å²) in [5.74, 6) is 1.31. The second-order valence-electron chi connectivity index (χ2n) is 7.39. The predicted molar refractivity (Wildman–Crippen MR) is 118 cm³/mol. The molecule has 6 nitrogen and oxygen atoms in total. The van der Waals surface area contributed by atoms with Crippen LogP contribution >= 0.6 is 11.8 Å². The molecule has 1 atom stereocenters. The highest BCUT2D eigenvalue weighted by Crippen LogP contribution is 2.42. The van der Waals surface area contributed by atoms with Crippen LogP contribution in [0.2, 0.25) is 0 Å². The van der Waals surface area contributed by atoms with Gasteiger partial charge in [0.05, 0.1) is 0 Å². The Morgan fingerprint density at radius 2 is 1.90 bits per heavy atom. The molecule has 1 fully saturated rings. The summed E-state index contributed by atoms with van der Waals surface area (Å²) >= 11 is 1.41. The van der Waals surface area contributed by atoms with E-state index in [1.807, 2.05) is 30.3 Å². The number of Topliss-reactive ketones (excluding diaryl/α,β-unsaturated/α-hetero) is 1. The minimum atomic E-state index is -0.492. The van der Waals surface area contributed by atoms with Crippen molar-refractivity contribution in [2.45, 2.75) is 49.6 Å². The Morgan fingerprint density at radius 1 is 1.13 bits per heavy atom. The van der Waals surface area contributed by atoms with Crippen LogP contribution in [0.15, 0.2) is 59.8 Å². The van der Waals surface area contributed by atoms with E-state index in [0.717, 1.165) is 35.9 Å². The molecule has 2 aromatic carbocycles. The number of nitrogens with one attached hydrogen (secondary N) is 1. The molecule has 0 unspecified atom stereocenters. The van der Waals surface area contributed by atoms with E-state index in [0.29, 0.717) is 17.2 Å². The zero-order chi connectivity index (χ0) is 21.1. The monoisotopic (exact) mass is 420 g/mol. The van der Waals surface area contributed by atoms with Crippen LogP contribution in [0.5, 0.6) is 0 Å². The van der Waals surface area contributed by atoms with Crippen molar-refractivity contribution in [1.82, 2.24) is 14.8 Å². The smallest absolute Gasteiger partial charge is 0.242 e. The molecule has 3 aromatic rings. The van der Waals surface area contributed by atoms with E-state index in [-0.39, 0.29) is 11.7 Å². The standard InChI is InChI=1S/C23H24N4O2S/c1-3-27-21(17-12-13-17)25-26-23(27)30-20(16-8-5-4-6-9-16)22(29)24-19-11-7-10-18(14-19)15(2)28/h4-11,14,17,20H,3,12-13H2,1-2H3,(H,24,29)/t20-/m1/s1. The second-order valence-corrected chi connectivity index (χ2v) is 8.47. The molecule has 1 amide bonds. The second kappa shape index (κ2) is 8.83. The summed E-state index contributed by atoms with van der Waals surface area (Å²) in [6.45, 7) is 4.35. The first-order valence-corrected chi connectivity index (χ1v) is 11.0. The van der Waals surface area contributed by atoms with Gasteiger partial charge in [-0.15, -0.1) is 10.2 Å². The molecule has 154 valence electrons. The summed E-state index contributed by atoms with van der Waals surface area (Å²) in [6, 6.07) is 16.7. The third-order valence-electron chi connectivity index (χ3n) is 5.10. The van der Waals surface area contributed by atoms with Gasteiger partial charge in [0.15, 0.2) is 10.9 Å². The van der Waals surface area contributed by atoms with Crippen molar-refractivity contribution in [3.05, 3.63) is 71.5 Å². The Labute approximate surface area is 180 Å². The lowest BCUT2D eigenvalue weighted by atomic mass is 10.1. The number of thioether (sulfide) groups is 1. The maximum absolute atomic E-state index is 13.3. The van der Waals surface area contributed by atoms with Crippen LogP contribution in [-0.4, -0.2) is 26.5 Å². The largest absolute Gasteiger partial charge is 0.325 e. The van der Waals surface area contributed by atoms with Gasteiger partial charge in [0, 0.05) is 23.7 Å². The molecular weight excluding hydrogens is 396 g/mol. The number of ketones is 1. The van der Waals surface area contributed by atoms with Crippen LogP contribution in [0.4, 0.5) is 5.69 Å². The number of benzene rings is 2. The van der Waals surface area contributed by atoms with E-state index in [1.165, 1.54) is 18.7 Å². The Hall–Kier alpha value is -2.93. The fourth-order valence-corrected chi connectivity index (χ4v) is 4.47. The first-order valence-electron chi connectivity index (χ1n) is 10.1.